The first kappa shape index (κ1) is 18.5. The standard InChI is InChI=1S/C19H23N3O3S/c1-15-7-8-16(2)18(14-15)26(24,25)22-11-5-10-21(12-13-22)19(23)17-6-3-4-9-20-17/h3-4,6-9,14H,5,10-13H2,1-2H3. The second-order valence-electron chi connectivity index (χ2n) is 6.53. The van der Waals surface area contributed by atoms with Gasteiger partial charge in [0, 0.05) is 32.4 Å². The van der Waals surface area contributed by atoms with Crippen molar-refractivity contribution in [2.75, 3.05) is 26.2 Å². The minimum atomic E-state index is -3.57. The van der Waals surface area contributed by atoms with Gasteiger partial charge in [-0.3, -0.25) is 9.78 Å². The van der Waals surface area contributed by atoms with Crippen LogP contribution in [0.3, 0.4) is 0 Å². The molecule has 3 rings (SSSR count). The summed E-state index contributed by atoms with van der Waals surface area (Å²) in [5.41, 5.74) is 2.04. The van der Waals surface area contributed by atoms with Gasteiger partial charge in [0.25, 0.3) is 5.91 Å². The average Bonchev–Trinajstić information content (AvgIpc) is 2.90. The van der Waals surface area contributed by atoms with E-state index in [1.54, 1.807) is 42.3 Å². The number of amides is 1. The molecule has 6 nitrogen and oxygen atoms in total. The van der Waals surface area contributed by atoms with Crippen LogP contribution in [-0.2, 0) is 10.0 Å². The predicted molar refractivity (Wildman–Crippen MR) is 99.4 cm³/mol. The summed E-state index contributed by atoms with van der Waals surface area (Å²) in [7, 11) is -3.57. The van der Waals surface area contributed by atoms with Crippen LogP contribution in [0.25, 0.3) is 0 Å². The maximum Gasteiger partial charge on any atom is 0.272 e. The van der Waals surface area contributed by atoms with Crippen molar-refractivity contribution in [3.05, 3.63) is 59.4 Å². The van der Waals surface area contributed by atoms with Crippen molar-refractivity contribution in [2.45, 2.75) is 25.2 Å². The number of aromatic nitrogens is 1. The van der Waals surface area contributed by atoms with Gasteiger partial charge >= 0.3 is 0 Å². The number of hydrogen-bond acceptors (Lipinski definition) is 4. The zero-order valence-electron chi connectivity index (χ0n) is 15.1. The predicted octanol–water partition coefficient (Wildman–Crippen LogP) is 2.24. The topological polar surface area (TPSA) is 70.6 Å². The molecule has 2 heterocycles. The number of sulfonamides is 1. The second-order valence-corrected chi connectivity index (χ2v) is 8.44. The van der Waals surface area contributed by atoms with Gasteiger partial charge in [-0.25, -0.2) is 8.42 Å². The fourth-order valence-electron chi connectivity index (χ4n) is 3.11. The summed E-state index contributed by atoms with van der Waals surface area (Å²) in [6, 6.07) is 10.7. The number of carbonyl (C=O) groups is 1. The lowest BCUT2D eigenvalue weighted by molar-refractivity contribution is 0.0758. The zero-order chi connectivity index (χ0) is 18.7. The van der Waals surface area contributed by atoms with E-state index in [4.69, 9.17) is 0 Å². The molecule has 26 heavy (non-hydrogen) atoms. The molecule has 138 valence electrons. The van der Waals surface area contributed by atoms with Crippen LogP contribution in [0, 0.1) is 13.8 Å². The molecule has 1 aromatic heterocycles. The van der Waals surface area contributed by atoms with Crippen LogP contribution in [-0.4, -0.2) is 54.7 Å². The van der Waals surface area contributed by atoms with Crippen LogP contribution < -0.4 is 0 Å². The highest BCUT2D eigenvalue weighted by Crippen LogP contribution is 2.22. The van der Waals surface area contributed by atoms with Gasteiger partial charge < -0.3 is 4.90 Å². The largest absolute Gasteiger partial charge is 0.336 e. The van der Waals surface area contributed by atoms with Gasteiger partial charge in [0.05, 0.1) is 4.90 Å². The van der Waals surface area contributed by atoms with E-state index in [0.717, 1.165) is 11.1 Å². The van der Waals surface area contributed by atoms with Crippen LogP contribution >= 0.6 is 0 Å². The molecule has 0 unspecified atom stereocenters. The first-order chi connectivity index (χ1) is 12.4. The highest BCUT2D eigenvalue weighted by Gasteiger charge is 2.29. The molecule has 0 radical (unpaired) electrons. The maximum absolute atomic E-state index is 13.1. The van der Waals surface area contributed by atoms with Gasteiger partial charge in [-0.05, 0) is 49.6 Å². The highest BCUT2D eigenvalue weighted by atomic mass is 32.2. The average molecular weight is 373 g/mol. The van der Waals surface area contributed by atoms with Crippen molar-refractivity contribution in [3.8, 4) is 0 Å². The summed E-state index contributed by atoms with van der Waals surface area (Å²) >= 11 is 0. The van der Waals surface area contributed by atoms with Crippen LogP contribution in [0.4, 0.5) is 0 Å². The van der Waals surface area contributed by atoms with E-state index in [-0.39, 0.29) is 12.5 Å². The minimum Gasteiger partial charge on any atom is -0.336 e. The molecule has 0 bridgehead atoms. The van der Waals surface area contributed by atoms with E-state index < -0.39 is 10.0 Å². The molecule has 0 atom stereocenters. The summed E-state index contributed by atoms with van der Waals surface area (Å²) in [5.74, 6) is -0.156. The number of carbonyl (C=O) groups excluding carboxylic acids is 1. The van der Waals surface area contributed by atoms with Crippen molar-refractivity contribution in [1.29, 1.82) is 0 Å². The molecule has 0 saturated carbocycles. The van der Waals surface area contributed by atoms with Gasteiger partial charge in [-0.15, -0.1) is 0 Å². The Morgan fingerprint density at radius 2 is 1.85 bits per heavy atom. The lowest BCUT2D eigenvalue weighted by Crippen LogP contribution is -2.37. The Morgan fingerprint density at radius 1 is 1.04 bits per heavy atom. The van der Waals surface area contributed by atoms with E-state index in [0.29, 0.717) is 36.6 Å². The summed E-state index contributed by atoms with van der Waals surface area (Å²) in [6.07, 6.45) is 2.19. The molecule has 0 N–H and O–H groups in total. The van der Waals surface area contributed by atoms with Crippen LogP contribution in [0.2, 0.25) is 0 Å². The van der Waals surface area contributed by atoms with Crippen LogP contribution in [0.5, 0.6) is 0 Å². The SMILES string of the molecule is Cc1ccc(C)c(S(=O)(=O)N2CCCN(C(=O)c3ccccn3)CC2)c1. The Hall–Kier alpha value is -2.25. The van der Waals surface area contributed by atoms with Gasteiger partial charge in [0.2, 0.25) is 10.0 Å². The first-order valence-corrected chi connectivity index (χ1v) is 10.1. The minimum absolute atomic E-state index is 0.156. The quantitative estimate of drug-likeness (QED) is 0.827. The van der Waals surface area contributed by atoms with Crippen LogP contribution in [0.1, 0.15) is 28.0 Å². The van der Waals surface area contributed by atoms with Gasteiger partial charge in [0.1, 0.15) is 5.69 Å². The van der Waals surface area contributed by atoms with Crippen molar-refractivity contribution < 1.29 is 13.2 Å². The highest BCUT2D eigenvalue weighted by molar-refractivity contribution is 7.89. The molecule has 1 aliphatic rings. The number of benzene rings is 1. The third kappa shape index (κ3) is 3.78. The molecule has 2 aromatic rings. The second kappa shape index (κ2) is 7.55. The normalized spacial score (nSPS) is 16.3. The number of aryl methyl sites for hydroxylation is 2. The van der Waals surface area contributed by atoms with Crippen molar-refractivity contribution in [2.24, 2.45) is 0 Å². The first-order valence-electron chi connectivity index (χ1n) is 8.67. The monoisotopic (exact) mass is 373 g/mol. The summed E-state index contributed by atoms with van der Waals surface area (Å²) < 4.78 is 27.6. The van der Waals surface area contributed by atoms with E-state index >= 15 is 0 Å². The van der Waals surface area contributed by atoms with E-state index in [1.807, 2.05) is 19.1 Å². The van der Waals surface area contributed by atoms with Gasteiger partial charge in [0.15, 0.2) is 0 Å². The molecule has 0 spiro atoms. The Morgan fingerprint density at radius 3 is 2.58 bits per heavy atom. The number of nitrogens with zero attached hydrogens (tertiary/aromatic N) is 3. The van der Waals surface area contributed by atoms with Crippen molar-refractivity contribution in [1.82, 2.24) is 14.2 Å². The van der Waals surface area contributed by atoms with Crippen molar-refractivity contribution >= 4 is 15.9 Å². The van der Waals surface area contributed by atoms with Crippen LogP contribution in [0.15, 0.2) is 47.5 Å². The zero-order valence-corrected chi connectivity index (χ0v) is 15.9. The Balaban J connectivity index is 1.78. The van der Waals surface area contributed by atoms with Gasteiger partial charge in [-0.1, -0.05) is 18.2 Å². The lowest BCUT2D eigenvalue weighted by Gasteiger charge is -2.22. The summed E-state index contributed by atoms with van der Waals surface area (Å²) in [5, 5.41) is 0. The molecular weight excluding hydrogens is 350 g/mol. The maximum atomic E-state index is 13.1. The molecule has 1 amide bonds. The van der Waals surface area contributed by atoms with Crippen molar-refractivity contribution in [3.63, 3.8) is 0 Å². The van der Waals surface area contributed by atoms with E-state index in [9.17, 15) is 13.2 Å². The molecule has 1 aromatic carbocycles. The Bertz CT molecular complexity index is 898. The summed E-state index contributed by atoms with van der Waals surface area (Å²) in [6.45, 7) is 5.26. The van der Waals surface area contributed by atoms with E-state index in [1.165, 1.54) is 4.31 Å². The molecule has 7 heteroatoms. The molecular formula is C19H23N3O3S. The fraction of sp³-hybridized carbons (Fsp3) is 0.368. The fourth-order valence-corrected chi connectivity index (χ4v) is 4.89. The smallest absolute Gasteiger partial charge is 0.272 e. The Kier molecular flexibility index (Phi) is 5.38. The van der Waals surface area contributed by atoms with E-state index in [2.05, 4.69) is 4.98 Å². The summed E-state index contributed by atoms with van der Waals surface area (Å²) in [4.78, 5) is 18.7. The molecule has 1 aliphatic heterocycles. The van der Waals surface area contributed by atoms with Gasteiger partial charge in [-0.2, -0.15) is 4.31 Å². The molecule has 1 fully saturated rings. The Labute approximate surface area is 154 Å². The number of pyridine rings is 1. The number of rotatable bonds is 3. The third-order valence-electron chi connectivity index (χ3n) is 4.59. The molecule has 0 aliphatic carbocycles. The lowest BCUT2D eigenvalue weighted by atomic mass is 10.2. The third-order valence-corrected chi connectivity index (χ3v) is 6.63. The molecule has 1 saturated heterocycles. The number of hydrogen-bond donors (Lipinski definition) is 0.